The third kappa shape index (κ3) is 4.09. The van der Waals surface area contributed by atoms with Crippen molar-refractivity contribution in [1.29, 1.82) is 0 Å². The van der Waals surface area contributed by atoms with Gasteiger partial charge in [-0.15, -0.1) is 11.3 Å². The van der Waals surface area contributed by atoms with Crippen LogP contribution in [0.4, 0.5) is 0 Å². The van der Waals surface area contributed by atoms with Gasteiger partial charge in [0, 0.05) is 31.7 Å². The molecule has 0 fully saturated rings. The second-order valence-electron chi connectivity index (χ2n) is 7.75. The summed E-state index contributed by atoms with van der Waals surface area (Å²) in [4.78, 5) is 42.7. The molecule has 2 aromatic carbocycles. The van der Waals surface area contributed by atoms with Gasteiger partial charge < -0.3 is 4.74 Å². The van der Waals surface area contributed by atoms with Gasteiger partial charge in [-0.2, -0.15) is 0 Å². The Bertz CT molecular complexity index is 1370. The fourth-order valence-electron chi connectivity index (χ4n) is 4.29. The first kappa shape index (κ1) is 22.5. The van der Waals surface area contributed by atoms with Gasteiger partial charge in [0.05, 0.1) is 23.8 Å². The van der Waals surface area contributed by atoms with Crippen LogP contribution in [-0.4, -0.2) is 29.3 Å². The van der Waals surface area contributed by atoms with Gasteiger partial charge in [0.2, 0.25) is 0 Å². The van der Waals surface area contributed by atoms with E-state index < -0.39 is 22.9 Å². The number of nitrogens with zero attached hydrogens (tertiary/aromatic N) is 2. The molecule has 0 aliphatic carbocycles. The molecule has 0 amide bonds. The fourth-order valence-corrected chi connectivity index (χ4v) is 5.52. The summed E-state index contributed by atoms with van der Waals surface area (Å²) in [5, 5.41) is 12.6. The number of nitro groups is 1. The number of carbonyl (C=O) groups is 1. The van der Waals surface area contributed by atoms with Gasteiger partial charge in [0.1, 0.15) is 0 Å². The predicted molar refractivity (Wildman–Crippen MR) is 129 cm³/mol. The minimum atomic E-state index is -1.25. The van der Waals surface area contributed by atoms with Crippen LogP contribution in [0.3, 0.4) is 0 Å². The average molecular weight is 463 g/mol. The number of allylic oxidation sites excluding steroid dienone is 1. The van der Waals surface area contributed by atoms with Crippen molar-refractivity contribution in [1.82, 2.24) is 0 Å². The van der Waals surface area contributed by atoms with Gasteiger partial charge in [-0.05, 0) is 38.0 Å². The Hall–Kier alpha value is -3.65. The maximum Gasteiger partial charge on any atom is 0.336 e. The lowest BCUT2D eigenvalue weighted by Crippen LogP contribution is -2.40. The molecule has 8 heteroatoms. The van der Waals surface area contributed by atoms with Gasteiger partial charge in [0.25, 0.3) is 6.04 Å². The summed E-state index contributed by atoms with van der Waals surface area (Å²) in [7, 11) is 0. The van der Waals surface area contributed by atoms with Gasteiger partial charge >= 0.3 is 5.97 Å². The van der Waals surface area contributed by atoms with Crippen LogP contribution in [0, 0.1) is 10.1 Å². The first-order valence-electron chi connectivity index (χ1n) is 10.5. The van der Waals surface area contributed by atoms with Crippen molar-refractivity contribution in [3.05, 3.63) is 91.8 Å². The van der Waals surface area contributed by atoms with Crippen LogP contribution >= 0.6 is 11.3 Å². The quantitative estimate of drug-likeness (QED) is 0.303. The Labute approximate surface area is 194 Å². The Morgan fingerprint density at radius 3 is 2.55 bits per heavy atom. The first-order chi connectivity index (χ1) is 15.8. The van der Waals surface area contributed by atoms with E-state index >= 15 is 0 Å². The lowest BCUT2D eigenvalue weighted by Gasteiger charge is -2.28. The molecule has 1 aliphatic heterocycles. The molecule has 0 radical (unpaired) electrons. The molecule has 2 heterocycles. The highest BCUT2D eigenvalue weighted by Gasteiger charge is 2.45. The molecular weight excluding hydrogens is 440 g/mol. The van der Waals surface area contributed by atoms with Crippen molar-refractivity contribution in [2.45, 2.75) is 32.7 Å². The zero-order valence-corrected chi connectivity index (χ0v) is 19.2. The van der Waals surface area contributed by atoms with E-state index in [4.69, 9.17) is 4.74 Å². The number of aliphatic imine (C=N–C) groups is 1. The van der Waals surface area contributed by atoms with Gasteiger partial charge in [-0.1, -0.05) is 42.5 Å². The van der Waals surface area contributed by atoms with E-state index in [1.165, 1.54) is 11.3 Å². The molecule has 33 heavy (non-hydrogen) atoms. The highest BCUT2D eigenvalue weighted by Crippen LogP contribution is 2.41. The molecule has 168 valence electrons. The SMILES string of the molecule is CCOC(=O)C1=C(C)N=C(C)C([N+](=O)[O-])C1c1cccc2c(=O)cc(-c3ccccc3)sc12. The normalized spacial score (nSPS) is 18.2. The molecule has 0 saturated heterocycles. The zero-order valence-electron chi connectivity index (χ0n) is 18.4. The van der Waals surface area contributed by atoms with Crippen molar-refractivity contribution in [2.24, 2.45) is 4.99 Å². The van der Waals surface area contributed by atoms with E-state index in [1.807, 2.05) is 30.3 Å². The lowest BCUT2D eigenvalue weighted by molar-refractivity contribution is -0.505. The fraction of sp³-hybridized carbons (Fsp3) is 0.240. The Morgan fingerprint density at radius 1 is 1.15 bits per heavy atom. The first-order valence-corrected chi connectivity index (χ1v) is 11.3. The maximum atomic E-state index is 13.0. The third-order valence-corrected chi connectivity index (χ3v) is 6.92. The van der Waals surface area contributed by atoms with Crippen molar-refractivity contribution >= 4 is 33.1 Å². The van der Waals surface area contributed by atoms with Crippen LogP contribution in [0.15, 0.2) is 75.7 Å². The number of hydrogen-bond acceptors (Lipinski definition) is 7. The smallest absolute Gasteiger partial charge is 0.336 e. The second kappa shape index (κ2) is 9.07. The van der Waals surface area contributed by atoms with E-state index in [0.717, 1.165) is 10.4 Å². The monoisotopic (exact) mass is 462 g/mol. The van der Waals surface area contributed by atoms with Crippen molar-refractivity contribution in [3.63, 3.8) is 0 Å². The van der Waals surface area contributed by atoms with Crippen molar-refractivity contribution < 1.29 is 14.5 Å². The summed E-state index contributed by atoms with van der Waals surface area (Å²) < 4.78 is 5.86. The Kier molecular flexibility index (Phi) is 6.20. The number of ether oxygens (including phenoxy) is 1. The number of esters is 1. The highest BCUT2D eigenvalue weighted by molar-refractivity contribution is 7.21. The summed E-state index contributed by atoms with van der Waals surface area (Å²) >= 11 is 1.38. The van der Waals surface area contributed by atoms with Crippen molar-refractivity contribution in [3.8, 4) is 10.4 Å². The molecule has 2 atom stereocenters. The van der Waals surface area contributed by atoms with Crippen LogP contribution < -0.4 is 5.43 Å². The van der Waals surface area contributed by atoms with Crippen LogP contribution in [0.5, 0.6) is 0 Å². The van der Waals surface area contributed by atoms with Crippen LogP contribution in [0.25, 0.3) is 20.5 Å². The second-order valence-corrected chi connectivity index (χ2v) is 8.80. The molecule has 0 spiro atoms. The van der Waals surface area contributed by atoms with Gasteiger partial charge in [0.15, 0.2) is 5.43 Å². The molecule has 3 aromatic rings. The van der Waals surface area contributed by atoms with Crippen molar-refractivity contribution in [2.75, 3.05) is 6.61 Å². The molecule has 1 aliphatic rings. The van der Waals surface area contributed by atoms with E-state index in [1.54, 1.807) is 45.0 Å². The largest absolute Gasteiger partial charge is 0.463 e. The summed E-state index contributed by atoms with van der Waals surface area (Å²) in [6.45, 7) is 5.06. The number of benzene rings is 2. The number of hydrogen-bond donors (Lipinski definition) is 0. The average Bonchev–Trinajstić information content (AvgIpc) is 2.78. The number of carbonyl (C=O) groups excluding carboxylic acids is 1. The molecule has 2 unspecified atom stereocenters. The summed E-state index contributed by atoms with van der Waals surface area (Å²) in [5.74, 6) is -1.56. The maximum absolute atomic E-state index is 13.0. The molecular formula is C25H22N2O5S. The molecule has 0 N–H and O–H groups in total. The zero-order chi connectivity index (χ0) is 23.7. The van der Waals surface area contributed by atoms with Gasteiger partial charge in [-0.3, -0.25) is 19.9 Å². The van der Waals surface area contributed by atoms with Crippen LogP contribution in [-0.2, 0) is 9.53 Å². The molecule has 4 rings (SSSR count). The van der Waals surface area contributed by atoms with E-state index in [0.29, 0.717) is 27.1 Å². The Morgan fingerprint density at radius 2 is 1.88 bits per heavy atom. The van der Waals surface area contributed by atoms with Gasteiger partial charge in [-0.25, -0.2) is 4.79 Å². The van der Waals surface area contributed by atoms with Crippen LogP contribution in [0.2, 0.25) is 0 Å². The number of rotatable bonds is 5. The minimum Gasteiger partial charge on any atom is -0.463 e. The predicted octanol–water partition coefficient (Wildman–Crippen LogP) is 4.97. The lowest BCUT2D eigenvalue weighted by atomic mass is 9.80. The topological polar surface area (TPSA) is 98.9 Å². The number of fused-ring (bicyclic) bond motifs is 1. The molecule has 1 aromatic heterocycles. The Balaban J connectivity index is 2.03. The highest BCUT2D eigenvalue weighted by atomic mass is 32.1. The van der Waals surface area contributed by atoms with E-state index in [-0.39, 0.29) is 17.6 Å². The van der Waals surface area contributed by atoms with Crippen LogP contribution in [0.1, 0.15) is 32.3 Å². The summed E-state index contributed by atoms with van der Waals surface area (Å²) in [6.07, 6.45) is 0. The summed E-state index contributed by atoms with van der Waals surface area (Å²) in [6, 6.07) is 15.0. The minimum absolute atomic E-state index is 0.134. The third-order valence-electron chi connectivity index (χ3n) is 5.69. The molecule has 0 bridgehead atoms. The summed E-state index contributed by atoms with van der Waals surface area (Å²) in [5.41, 5.74) is 2.09. The van der Waals surface area contributed by atoms with E-state index in [9.17, 15) is 19.7 Å². The molecule has 7 nitrogen and oxygen atoms in total. The van der Waals surface area contributed by atoms with E-state index in [2.05, 4.69) is 4.99 Å². The molecule has 0 saturated carbocycles. The standard InChI is InChI=1S/C25H22N2O5S/c1-4-32-25(29)21-14(2)26-15(3)23(27(30)31)22(21)18-12-8-11-17-19(28)13-20(33-24(17)18)16-9-6-5-7-10-16/h5-13,22-23H,4H2,1-3H3.